The second-order valence-electron chi connectivity index (χ2n) is 6.61. The zero-order valence-electron chi connectivity index (χ0n) is 15.2. The lowest BCUT2D eigenvalue weighted by molar-refractivity contribution is 0.0930. The summed E-state index contributed by atoms with van der Waals surface area (Å²) in [5, 5.41) is 3.88. The summed E-state index contributed by atoms with van der Waals surface area (Å²) in [4.78, 5) is 14.2. The van der Waals surface area contributed by atoms with Gasteiger partial charge in [-0.05, 0) is 47.9 Å². The van der Waals surface area contributed by atoms with Gasteiger partial charge in [-0.2, -0.15) is 0 Å². The first-order valence-electron chi connectivity index (χ1n) is 9.19. The first kappa shape index (κ1) is 18.9. The molecule has 1 aliphatic rings. The number of rotatable bonds is 5. The van der Waals surface area contributed by atoms with E-state index in [1.165, 1.54) is 10.5 Å². The number of hydrogen-bond donors (Lipinski definition) is 1. The van der Waals surface area contributed by atoms with Crippen LogP contribution in [0.25, 0.3) is 0 Å². The highest BCUT2D eigenvalue weighted by molar-refractivity contribution is 7.99. The summed E-state index contributed by atoms with van der Waals surface area (Å²) >= 11 is 7.77. The zero-order chi connectivity index (χ0) is 19.3. The molecule has 0 radical (unpaired) electrons. The van der Waals surface area contributed by atoms with Crippen molar-refractivity contribution in [1.82, 2.24) is 5.32 Å². The lowest BCUT2D eigenvalue weighted by Crippen LogP contribution is -2.30. The van der Waals surface area contributed by atoms with Gasteiger partial charge in [-0.15, -0.1) is 11.8 Å². The molecular formula is C23H20ClNO2S. The van der Waals surface area contributed by atoms with Gasteiger partial charge in [-0.3, -0.25) is 4.79 Å². The normalized spacial score (nSPS) is 15.5. The van der Waals surface area contributed by atoms with Gasteiger partial charge >= 0.3 is 0 Å². The first-order valence-corrected chi connectivity index (χ1v) is 10.6. The van der Waals surface area contributed by atoms with E-state index in [-0.39, 0.29) is 11.9 Å². The molecule has 28 heavy (non-hydrogen) atoms. The molecular weight excluding hydrogens is 390 g/mol. The van der Waals surface area contributed by atoms with Gasteiger partial charge in [0.05, 0.1) is 11.6 Å². The molecule has 0 fully saturated rings. The predicted molar refractivity (Wildman–Crippen MR) is 114 cm³/mol. The highest BCUT2D eigenvalue weighted by Crippen LogP contribution is 2.36. The van der Waals surface area contributed by atoms with Crippen molar-refractivity contribution in [3.05, 3.63) is 94.5 Å². The van der Waals surface area contributed by atoms with Crippen LogP contribution in [0, 0.1) is 0 Å². The van der Waals surface area contributed by atoms with Crippen LogP contribution in [-0.4, -0.2) is 11.7 Å². The van der Waals surface area contributed by atoms with E-state index in [2.05, 4.69) is 17.4 Å². The fourth-order valence-electron chi connectivity index (χ4n) is 3.25. The monoisotopic (exact) mass is 409 g/mol. The third-order valence-corrected chi connectivity index (χ3v) is 6.08. The number of halogens is 1. The number of hydrogen-bond acceptors (Lipinski definition) is 3. The van der Waals surface area contributed by atoms with E-state index in [1.54, 1.807) is 6.07 Å². The third kappa shape index (κ3) is 4.34. The molecule has 142 valence electrons. The molecule has 0 saturated carbocycles. The summed E-state index contributed by atoms with van der Waals surface area (Å²) < 4.78 is 5.93. The Labute approximate surface area is 174 Å². The van der Waals surface area contributed by atoms with Crippen molar-refractivity contribution < 1.29 is 9.53 Å². The average Bonchev–Trinajstić information content (AvgIpc) is 2.74. The van der Waals surface area contributed by atoms with E-state index in [0.29, 0.717) is 22.9 Å². The summed E-state index contributed by atoms with van der Waals surface area (Å²) in [6.07, 6.45) is 0.918. The fourth-order valence-corrected chi connectivity index (χ4v) is 4.50. The fraction of sp³-hybridized carbons (Fsp3) is 0.174. The molecule has 5 heteroatoms. The lowest BCUT2D eigenvalue weighted by Gasteiger charge is -2.26. The van der Waals surface area contributed by atoms with E-state index >= 15 is 0 Å². The molecule has 1 atom stereocenters. The topological polar surface area (TPSA) is 38.3 Å². The van der Waals surface area contributed by atoms with Crippen molar-refractivity contribution in [3.8, 4) is 5.75 Å². The summed E-state index contributed by atoms with van der Waals surface area (Å²) in [5.74, 6) is 1.46. The van der Waals surface area contributed by atoms with Gasteiger partial charge in [0.1, 0.15) is 12.4 Å². The summed E-state index contributed by atoms with van der Waals surface area (Å²) in [6, 6.07) is 23.1. The standard InChI is InChI=1S/C23H20ClNO2S/c24-17-11-9-16(10-12-17)15-27-21-7-3-1-6-19(21)23(26)25-20-13-14-28-22-8-4-2-5-18(20)22/h1-12,20H,13-15H2,(H,25,26). The van der Waals surface area contributed by atoms with Crippen molar-refractivity contribution in [2.45, 2.75) is 24.0 Å². The highest BCUT2D eigenvalue weighted by atomic mass is 35.5. The van der Waals surface area contributed by atoms with Crippen molar-refractivity contribution in [2.75, 3.05) is 5.75 Å². The molecule has 1 amide bonds. The SMILES string of the molecule is O=C(NC1CCSc2ccccc21)c1ccccc1OCc1ccc(Cl)cc1. The van der Waals surface area contributed by atoms with Gasteiger partial charge in [-0.1, -0.05) is 54.1 Å². The Bertz CT molecular complexity index is 974. The molecule has 1 unspecified atom stereocenters. The maximum Gasteiger partial charge on any atom is 0.255 e. The molecule has 0 aromatic heterocycles. The number of carbonyl (C=O) groups is 1. The van der Waals surface area contributed by atoms with Crippen LogP contribution in [-0.2, 0) is 6.61 Å². The number of thioether (sulfide) groups is 1. The van der Waals surface area contributed by atoms with Gasteiger partial charge in [0.2, 0.25) is 0 Å². The van der Waals surface area contributed by atoms with Gasteiger partial charge < -0.3 is 10.1 Å². The summed E-state index contributed by atoms with van der Waals surface area (Å²) in [6.45, 7) is 0.379. The maximum atomic E-state index is 13.0. The van der Waals surface area contributed by atoms with Crippen LogP contribution in [0.1, 0.15) is 33.9 Å². The highest BCUT2D eigenvalue weighted by Gasteiger charge is 2.23. The number of para-hydroxylation sites is 1. The second kappa shape index (κ2) is 8.72. The third-order valence-electron chi connectivity index (χ3n) is 4.70. The van der Waals surface area contributed by atoms with Crippen LogP contribution in [0.4, 0.5) is 0 Å². The van der Waals surface area contributed by atoms with E-state index in [0.717, 1.165) is 17.7 Å². The van der Waals surface area contributed by atoms with Crippen LogP contribution in [0.3, 0.4) is 0 Å². The van der Waals surface area contributed by atoms with Crippen LogP contribution < -0.4 is 10.1 Å². The molecule has 0 aliphatic carbocycles. The Hall–Kier alpha value is -2.43. The Morgan fingerprint density at radius 1 is 1.04 bits per heavy atom. The molecule has 1 heterocycles. The van der Waals surface area contributed by atoms with Crippen molar-refractivity contribution in [1.29, 1.82) is 0 Å². The number of carbonyl (C=O) groups excluding carboxylic acids is 1. The molecule has 1 aliphatic heterocycles. The molecule has 1 N–H and O–H groups in total. The second-order valence-corrected chi connectivity index (χ2v) is 8.19. The first-order chi connectivity index (χ1) is 13.7. The minimum Gasteiger partial charge on any atom is -0.488 e. The quantitative estimate of drug-likeness (QED) is 0.571. The largest absolute Gasteiger partial charge is 0.488 e. The Kier molecular flexibility index (Phi) is 5.89. The Morgan fingerprint density at radius 2 is 1.79 bits per heavy atom. The van der Waals surface area contributed by atoms with Crippen LogP contribution in [0.15, 0.2) is 77.7 Å². The van der Waals surface area contributed by atoms with Crippen LogP contribution >= 0.6 is 23.4 Å². The molecule has 0 bridgehead atoms. The van der Waals surface area contributed by atoms with E-state index in [1.807, 2.05) is 66.4 Å². The molecule has 4 rings (SSSR count). The van der Waals surface area contributed by atoms with Crippen LogP contribution in [0.5, 0.6) is 5.75 Å². The Morgan fingerprint density at radius 3 is 2.64 bits per heavy atom. The molecule has 3 nitrogen and oxygen atoms in total. The van der Waals surface area contributed by atoms with E-state index in [9.17, 15) is 4.79 Å². The van der Waals surface area contributed by atoms with Crippen molar-refractivity contribution in [2.24, 2.45) is 0 Å². The molecule has 0 saturated heterocycles. The smallest absolute Gasteiger partial charge is 0.255 e. The van der Waals surface area contributed by atoms with Crippen LogP contribution in [0.2, 0.25) is 5.02 Å². The number of fused-ring (bicyclic) bond motifs is 1. The van der Waals surface area contributed by atoms with Crippen molar-refractivity contribution >= 4 is 29.3 Å². The minimum absolute atomic E-state index is 0.0225. The number of benzene rings is 3. The molecule has 0 spiro atoms. The van der Waals surface area contributed by atoms with Gasteiger partial charge in [0.25, 0.3) is 5.91 Å². The van der Waals surface area contributed by atoms with E-state index < -0.39 is 0 Å². The number of ether oxygens (including phenoxy) is 1. The van der Waals surface area contributed by atoms with Gasteiger partial charge in [-0.25, -0.2) is 0 Å². The number of nitrogens with one attached hydrogen (secondary N) is 1. The maximum absolute atomic E-state index is 13.0. The summed E-state index contributed by atoms with van der Waals surface area (Å²) in [7, 11) is 0. The Balaban J connectivity index is 1.49. The number of amides is 1. The lowest BCUT2D eigenvalue weighted by atomic mass is 10.0. The summed E-state index contributed by atoms with van der Waals surface area (Å²) in [5.41, 5.74) is 2.73. The van der Waals surface area contributed by atoms with E-state index in [4.69, 9.17) is 16.3 Å². The average molecular weight is 410 g/mol. The molecule has 3 aromatic rings. The van der Waals surface area contributed by atoms with Gasteiger partial charge in [0.15, 0.2) is 0 Å². The minimum atomic E-state index is -0.113. The zero-order valence-corrected chi connectivity index (χ0v) is 16.8. The predicted octanol–water partition coefficient (Wildman–Crippen LogP) is 5.89. The van der Waals surface area contributed by atoms with Crippen molar-refractivity contribution in [3.63, 3.8) is 0 Å². The molecule has 3 aromatic carbocycles. The van der Waals surface area contributed by atoms with Gasteiger partial charge in [0, 0.05) is 15.7 Å².